The number of nitrogens with one attached hydrogen (secondary N) is 2. The Kier molecular flexibility index (Phi) is 10.6. The highest BCUT2D eigenvalue weighted by molar-refractivity contribution is 6.42. The number of amides is 1. The number of anilines is 5. The number of hydroxylamine groups is 1. The van der Waals surface area contributed by atoms with Gasteiger partial charge in [0.1, 0.15) is 23.7 Å². The van der Waals surface area contributed by atoms with Crippen LogP contribution in [0.3, 0.4) is 0 Å². The number of hydrogen-bond acceptors (Lipinski definition) is 10. The molecule has 0 saturated carbocycles. The molecule has 256 valence electrons. The van der Waals surface area contributed by atoms with Gasteiger partial charge < -0.3 is 25.2 Å². The second kappa shape index (κ2) is 14.8. The Labute approximate surface area is 290 Å². The second-order valence-corrected chi connectivity index (χ2v) is 13.3. The molecule has 1 amide bonds. The molecule has 3 aromatic rings. The summed E-state index contributed by atoms with van der Waals surface area (Å²) in [6, 6.07) is 9.33. The molecule has 2 N–H and O–H groups in total. The Morgan fingerprint density at radius 1 is 1.10 bits per heavy atom. The van der Waals surface area contributed by atoms with Crippen molar-refractivity contribution in [3.05, 3.63) is 70.7 Å². The van der Waals surface area contributed by atoms with Crippen molar-refractivity contribution in [2.24, 2.45) is 0 Å². The van der Waals surface area contributed by atoms with Crippen molar-refractivity contribution in [1.82, 2.24) is 19.8 Å². The predicted molar refractivity (Wildman–Crippen MR) is 188 cm³/mol. The number of ether oxygens (including phenoxy) is 1. The summed E-state index contributed by atoms with van der Waals surface area (Å²) >= 11 is 12.1. The highest BCUT2D eigenvalue weighted by Gasteiger charge is 2.34. The molecule has 14 heteroatoms. The third-order valence-corrected chi connectivity index (χ3v) is 10.3. The molecule has 4 heterocycles. The van der Waals surface area contributed by atoms with E-state index in [1.165, 1.54) is 18.8 Å². The fourth-order valence-corrected chi connectivity index (χ4v) is 7.14. The normalized spacial score (nSPS) is 20.4. The minimum atomic E-state index is -0.589. The number of halogens is 3. The number of carbonyl (C=O) groups is 1. The Morgan fingerprint density at radius 3 is 2.60 bits per heavy atom. The third-order valence-electron chi connectivity index (χ3n) is 9.48. The van der Waals surface area contributed by atoms with Crippen LogP contribution in [0.4, 0.5) is 33.1 Å². The molecule has 2 atom stereocenters. The Balaban J connectivity index is 1.22. The molecule has 3 fully saturated rings. The number of likely N-dealkylation sites (tertiary alicyclic amines) is 1. The lowest BCUT2D eigenvalue weighted by Gasteiger charge is -2.39. The zero-order valence-corrected chi connectivity index (χ0v) is 28.9. The van der Waals surface area contributed by atoms with Gasteiger partial charge in [0, 0.05) is 62.4 Å². The van der Waals surface area contributed by atoms with Crippen LogP contribution in [-0.2, 0) is 9.63 Å². The first kappa shape index (κ1) is 34.2. The van der Waals surface area contributed by atoms with E-state index in [4.69, 9.17) is 32.8 Å². The van der Waals surface area contributed by atoms with Crippen LogP contribution >= 0.6 is 23.2 Å². The molecule has 48 heavy (non-hydrogen) atoms. The Morgan fingerprint density at radius 2 is 1.90 bits per heavy atom. The molecule has 1 aromatic heterocycles. The summed E-state index contributed by atoms with van der Waals surface area (Å²) in [6.07, 6.45) is 6.44. The summed E-state index contributed by atoms with van der Waals surface area (Å²) < 4.78 is 20.9. The number of methoxy groups -OCH3 is 1. The fraction of sp³-hybridized carbons (Fsp3) is 0.441. The van der Waals surface area contributed by atoms with E-state index in [1.54, 1.807) is 30.4 Å². The molecule has 3 aliphatic heterocycles. The van der Waals surface area contributed by atoms with Crippen molar-refractivity contribution >= 4 is 57.8 Å². The first-order valence-electron chi connectivity index (χ1n) is 16.1. The zero-order valence-electron chi connectivity index (χ0n) is 27.4. The van der Waals surface area contributed by atoms with Crippen LogP contribution in [0.5, 0.6) is 5.75 Å². The SMILES string of the molecule is C=CC(=O)Nc1cc(Nc2cc(N3OCC[C@@H]3c3ccc(Cl)c(Cl)c3F)ncn2)c(OC)cc1N1CCC(N2CC[C@@H](N(C)C)C2)CC1. The largest absolute Gasteiger partial charge is 0.494 e. The molecular formula is C34H41Cl2FN8O3. The second-order valence-electron chi connectivity index (χ2n) is 12.5. The Bertz CT molecular complexity index is 1650. The summed E-state index contributed by atoms with van der Waals surface area (Å²) in [5.74, 6) is 0.539. The van der Waals surface area contributed by atoms with Crippen molar-refractivity contribution < 1.29 is 18.8 Å². The van der Waals surface area contributed by atoms with Crippen molar-refractivity contribution in [2.75, 3.05) is 74.6 Å². The number of likely N-dealkylation sites (N-methyl/N-ethyl adjacent to an activating group) is 1. The summed E-state index contributed by atoms with van der Waals surface area (Å²) in [5, 5.41) is 7.87. The number of carbonyl (C=O) groups excluding carboxylic acids is 1. The highest BCUT2D eigenvalue weighted by Crippen LogP contribution is 2.42. The summed E-state index contributed by atoms with van der Waals surface area (Å²) in [7, 11) is 5.92. The lowest BCUT2D eigenvalue weighted by atomic mass is 10.0. The van der Waals surface area contributed by atoms with E-state index in [0.29, 0.717) is 59.4 Å². The maximum atomic E-state index is 15.1. The monoisotopic (exact) mass is 698 g/mol. The summed E-state index contributed by atoms with van der Waals surface area (Å²) in [6.45, 7) is 7.95. The van der Waals surface area contributed by atoms with Crippen LogP contribution in [0.25, 0.3) is 0 Å². The van der Waals surface area contributed by atoms with E-state index in [1.807, 2.05) is 12.1 Å². The molecule has 6 rings (SSSR count). The standard InChI is InChI=1S/C34H41Cl2FN8O3/c1-5-32(46)41-25-16-26(29(47-4)17-28(25)43-12-8-21(9-13-43)44-14-10-22(19-44)42(2)3)40-30-18-31(39-20-38-30)45-27(11-15-48-45)23-6-7-24(35)33(36)34(23)37/h5-7,16-18,20-22,27H,1,8-15,19H2,2-4H3,(H,41,46)(H,38,39,40)/t22-,27-/m1/s1. The average molecular weight is 700 g/mol. The van der Waals surface area contributed by atoms with Gasteiger partial charge in [0.05, 0.1) is 46.9 Å². The molecular weight excluding hydrogens is 658 g/mol. The molecule has 0 unspecified atom stereocenters. The molecule has 0 bridgehead atoms. The lowest BCUT2D eigenvalue weighted by Crippen LogP contribution is -2.45. The van der Waals surface area contributed by atoms with Gasteiger partial charge in [-0.3, -0.25) is 14.5 Å². The van der Waals surface area contributed by atoms with Crippen molar-refractivity contribution in [1.29, 1.82) is 0 Å². The van der Waals surface area contributed by atoms with Crippen LogP contribution in [0, 0.1) is 5.82 Å². The average Bonchev–Trinajstić information content (AvgIpc) is 3.79. The number of aromatic nitrogens is 2. The van der Waals surface area contributed by atoms with E-state index in [-0.39, 0.29) is 16.0 Å². The smallest absolute Gasteiger partial charge is 0.247 e. The number of piperidine rings is 1. The van der Waals surface area contributed by atoms with Gasteiger partial charge in [0.25, 0.3) is 0 Å². The first-order chi connectivity index (χ1) is 23.2. The predicted octanol–water partition coefficient (Wildman–Crippen LogP) is 6.29. The Hall–Kier alpha value is -3.68. The molecule has 11 nitrogen and oxygen atoms in total. The molecule has 0 radical (unpaired) electrons. The molecule has 3 saturated heterocycles. The highest BCUT2D eigenvalue weighted by atomic mass is 35.5. The third kappa shape index (κ3) is 7.18. The van der Waals surface area contributed by atoms with Crippen molar-refractivity contribution in [3.63, 3.8) is 0 Å². The lowest BCUT2D eigenvalue weighted by molar-refractivity contribution is -0.111. The van der Waals surface area contributed by atoms with Crippen molar-refractivity contribution in [3.8, 4) is 5.75 Å². The van der Waals surface area contributed by atoms with E-state index in [0.717, 1.165) is 44.7 Å². The van der Waals surface area contributed by atoms with E-state index >= 15 is 4.39 Å². The van der Waals surface area contributed by atoms with Gasteiger partial charge in [-0.1, -0.05) is 35.8 Å². The van der Waals surface area contributed by atoms with Gasteiger partial charge in [0.15, 0.2) is 5.82 Å². The van der Waals surface area contributed by atoms with Gasteiger partial charge in [-0.05, 0) is 51.6 Å². The quantitative estimate of drug-likeness (QED) is 0.186. The number of nitrogens with zero attached hydrogens (tertiary/aromatic N) is 6. The number of rotatable bonds is 10. The maximum Gasteiger partial charge on any atom is 0.247 e. The maximum absolute atomic E-state index is 15.1. The van der Waals surface area contributed by atoms with Gasteiger partial charge in [-0.2, -0.15) is 0 Å². The van der Waals surface area contributed by atoms with Gasteiger partial charge in [-0.15, -0.1) is 0 Å². The van der Waals surface area contributed by atoms with E-state index in [9.17, 15) is 4.79 Å². The van der Waals surface area contributed by atoms with Crippen molar-refractivity contribution in [2.45, 2.75) is 43.8 Å². The van der Waals surface area contributed by atoms with E-state index < -0.39 is 11.9 Å². The van der Waals surface area contributed by atoms with Crippen LogP contribution in [-0.4, -0.2) is 91.7 Å². The summed E-state index contributed by atoms with van der Waals surface area (Å²) in [4.78, 5) is 34.5. The van der Waals surface area contributed by atoms with E-state index in [2.05, 4.69) is 56.0 Å². The van der Waals surface area contributed by atoms with Crippen LogP contribution < -0.4 is 25.3 Å². The topological polar surface area (TPSA) is 98.3 Å². The first-order valence-corrected chi connectivity index (χ1v) is 16.9. The summed E-state index contributed by atoms with van der Waals surface area (Å²) in [5.41, 5.74) is 2.44. The van der Waals surface area contributed by atoms with Crippen LogP contribution in [0.1, 0.15) is 37.3 Å². The molecule has 0 spiro atoms. The van der Waals surface area contributed by atoms with Gasteiger partial charge >= 0.3 is 0 Å². The fourth-order valence-electron chi connectivity index (χ4n) is 6.82. The minimum absolute atomic E-state index is 0.130. The number of benzene rings is 2. The minimum Gasteiger partial charge on any atom is -0.494 e. The zero-order chi connectivity index (χ0) is 33.9. The molecule has 3 aliphatic rings. The number of hydrogen-bond donors (Lipinski definition) is 2. The molecule has 0 aliphatic carbocycles. The van der Waals surface area contributed by atoms with Gasteiger partial charge in [-0.25, -0.2) is 19.4 Å². The van der Waals surface area contributed by atoms with Crippen LogP contribution in [0.15, 0.2) is 49.3 Å². The molecule has 2 aromatic carbocycles. The van der Waals surface area contributed by atoms with Gasteiger partial charge in [0.2, 0.25) is 5.91 Å². The van der Waals surface area contributed by atoms with Crippen LogP contribution in [0.2, 0.25) is 10.0 Å².